The average Bonchev–Trinajstić information content (AvgIpc) is 2.91. The summed E-state index contributed by atoms with van der Waals surface area (Å²) in [4.78, 5) is 25.1. The van der Waals surface area contributed by atoms with Crippen LogP contribution in [-0.4, -0.2) is 100 Å². The Hall–Kier alpha value is -2.64. The van der Waals surface area contributed by atoms with Crippen molar-refractivity contribution in [2.75, 3.05) is 19.8 Å². The van der Waals surface area contributed by atoms with Gasteiger partial charge in [-0.15, -0.1) is 0 Å². The fourth-order valence-corrected chi connectivity index (χ4v) is 11.5. The van der Waals surface area contributed by atoms with E-state index in [9.17, 15) is 35.1 Å². The zero-order valence-corrected chi connectivity index (χ0v) is 56.5. The second-order valence-corrected chi connectivity index (χ2v) is 25.6. The molecule has 7 unspecified atom stereocenters. The molecule has 7 atom stereocenters. The predicted octanol–water partition coefficient (Wildman–Crippen LogP) is 19.3. The highest BCUT2D eigenvalue weighted by atomic mass is 16.7. The van der Waals surface area contributed by atoms with Crippen molar-refractivity contribution in [3.8, 4) is 0 Å². The summed E-state index contributed by atoms with van der Waals surface area (Å²) in [7, 11) is 0. The Morgan fingerprint density at radius 2 is 0.793 bits per heavy atom. The van der Waals surface area contributed by atoms with Gasteiger partial charge in [0.1, 0.15) is 24.4 Å². The minimum atomic E-state index is -1.57. The van der Waals surface area contributed by atoms with Crippen molar-refractivity contribution < 1.29 is 49.3 Å². The van der Waals surface area contributed by atoms with E-state index in [1.165, 1.54) is 250 Å². The molecule has 0 aromatic rings. The summed E-state index contributed by atoms with van der Waals surface area (Å²) in [5.41, 5.74) is 0. The molecule has 0 spiro atoms. The third-order valence-corrected chi connectivity index (χ3v) is 17.3. The van der Waals surface area contributed by atoms with Crippen molar-refractivity contribution in [2.24, 2.45) is 0 Å². The number of esters is 1. The second-order valence-electron chi connectivity index (χ2n) is 25.6. The van der Waals surface area contributed by atoms with E-state index in [-0.39, 0.29) is 18.5 Å². The van der Waals surface area contributed by atoms with E-state index in [4.69, 9.17) is 14.2 Å². The Morgan fingerprint density at radius 3 is 1.21 bits per heavy atom. The van der Waals surface area contributed by atoms with E-state index in [1.807, 2.05) is 6.08 Å². The highest BCUT2D eigenvalue weighted by molar-refractivity contribution is 5.76. The first-order valence-electron chi connectivity index (χ1n) is 37.1. The summed E-state index contributed by atoms with van der Waals surface area (Å²) in [6.45, 7) is 4.31. The van der Waals surface area contributed by atoms with Crippen molar-refractivity contribution in [1.29, 1.82) is 0 Å². The largest absolute Gasteiger partial charge is 0.466 e. The van der Waals surface area contributed by atoms with E-state index in [2.05, 4.69) is 67.8 Å². The highest BCUT2D eigenvalue weighted by Gasteiger charge is 2.44. The molecule has 0 aliphatic carbocycles. The second kappa shape index (κ2) is 64.9. The number of unbranched alkanes of at least 4 members (excludes halogenated alkanes) is 43. The van der Waals surface area contributed by atoms with Gasteiger partial charge in [-0.3, -0.25) is 9.59 Å². The smallest absolute Gasteiger partial charge is 0.305 e. The molecule has 1 aliphatic rings. The van der Waals surface area contributed by atoms with Crippen LogP contribution in [0.25, 0.3) is 0 Å². The number of carbonyl (C=O) groups excluding carboxylic acids is 2. The summed E-state index contributed by atoms with van der Waals surface area (Å²) in [6, 6.07) is -0.811. The van der Waals surface area contributed by atoms with Gasteiger partial charge in [-0.2, -0.15) is 0 Å². The molecular formula is C76H139NO10. The van der Waals surface area contributed by atoms with Crippen LogP contribution in [0.4, 0.5) is 0 Å². The number of aliphatic hydroxyl groups excluding tert-OH is 5. The normalized spacial score (nSPS) is 18.2. The maximum atomic E-state index is 13.1. The van der Waals surface area contributed by atoms with E-state index in [0.717, 1.165) is 70.6 Å². The van der Waals surface area contributed by atoms with E-state index in [0.29, 0.717) is 19.4 Å². The molecule has 87 heavy (non-hydrogen) atoms. The Bertz CT molecular complexity index is 1630. The molecule has 0 aromatic carbocycles. The first-order valence-corrected chi connectivity index (χ1v) is 37.1. The number of rotatable bonds is 65. The van der Waals surface area contributed by atoms with E-state index >= 15 is 0 Å². The molecule has 508 valence electrons. The fourth-order valence-electron chi connectivity index (χ4n) is 11.5. The SMILES string of the molecule is CCC/C=C\C/C=C\CCCCCCCC(=O)OCCCCCCCCCCC/C=C\C/C=C\CCCCCCCCCCCCCCCCCC(=O)NC(COC1OC(CO)C(O)C(O)C1O)C(O)/C=C/CCCCCCCCCCCCCCC. The number of hydrogen-bond donors (Lipinski definition) is 6. The van der Waals surface area contributed by atoms with E-state index < -0.39 is 49.5 Å². The first kappa shape index (κ1) is 82.4. The Kier molecular flexibility index (Phi) is 61.4. The lowest BCUT2D eigenvalue weighted by molar-refractivity contribution is -0.302. The van der Waals surface area contributed by atoms with Gasteiger partial charge < -0.3 is 45.1 Å². The molecular weight excluding hydrogens is 1090 g/mol. The monoisotopic (exact) mass is 1230 g/mol. The lowest BCUT2D eigenvalue weighted by Gasteiger charge is -2.40. The molecule has 1 heterocycles. The van der Waals surface area contributed by atoms with Crippen molar-refractivity contribution >= 4 is 11.9 Å². The van der Waals surface area contributed by atoms with Gasteiger partial charge in [-0.25, -0.2) is 0 Å². The molecule has 6 N–H and O–H groups in total. The third-order valence-electron chi connectivity index (χ3n) is 17.3. The van der Waals surface area contributed by atoms with Crippen LogP contribution in [0.2, 0.25) is 0 Å². The summed E-state index contributed by atoms with van der Waals surface area (Å²) >= 11 is 0. The van der Waals surface area contributed by atoms with Crippen LogP contribution in [0.15, 0.2) is 60.8 Å². The Labute approximate surface area is 535 Å². The van der Waals surface area contributed by atoms with Crippen LogP contribution < -0.4 is 5.32 Å². The third kappa shape index (κ3) is 53.7. The van der Waals surface area contributed by atoms with Gasteiger partial charge in [-0.1, -0.05) is 306 Å². The Morgan fingerprint density at radius 1 is 0.425 bits per heavy atom. The number of amides is 1. The van der Waals surface area contributed by atoms with E-state index in [1.54, 1.807) is 6.08 Å². The van der Waals surface area contributed by atoms with Crippen LogP contribution in [0.3, 0.4) is 0 Å². The topological polar surface area (TPSA) is 175 Å². The van der Waals surface area contributed by atoms with Gasteiger partial charge >= 0.3 is 5.97 Å². The lowest BCUT2D eigenvalue weighted by Crippen LogP contribution is -2.60. The minimum absolute atomic E-state index is 0.0103. The Balaban J connectivity index is 1.99. The summed E-state index contributed by atoms with van der Waals surface area (Å²) in [5.74, 6) is -0.189. The number of allylic oxidation sites excluding steroid dienone is 9. The highest BCUT2D eigenvalue weighted by Crippen LogP contribution is 2.23. The lowest BCUT2D eigenvalue weighted by atomic mass is 9.99. The zero-order chi connectivity index (χ0) is 63.0. The van der Waals surface area contributed by atoms with Gasteiger partial charge in [0.15, 0.2) is 6.29 Å². The predicted molar refractivity (Wildman–Crippen MR) is 366 cm³/mol. The molecule has 11 heteroatoms. The molecule has 11 nitrogen and oxygen atoms in total. The quantitative estimate of drug-likeness (QED) is 0.0195. The number of aliphatic hydroxyl groups is 5. The van der Waals surface area contributed by atoms with Crippen LogP contribution in [-0.2, 0) is 23.8 Å². The molecule has 1 aliphatic heterocycles. The first-order chi connectivity index (χ1) is 42.7. The van der Waals surface area contributed by atoms with Crippen molar-refractivity contribution in [2.45, 2.75) is 391 Å². The molecule has 0 radical (unpaired) electrons. The molecule has 0 bridgehead atoms. The molecule has 1 saturated heterocycles. The van der Waals surface area contributed by atoms with Crippen LogP contribution in [0.1, 0.15) is 348 Å². The summed E-state index contributed by atoms with van der Waals surface area (Å²) in [6.07, 6.45) is 76.3. The molecule has 1 rings (SSSR count). The average molecular weight is 1230 g/mol. The fraction of sp³-hybridized carbons (Fsp3) is 0.842. The maximum Gasteiger partial charge on any atom is 0.305 e. The molecule has 0 saturated carbocycles. The molecule has 1 amide bonds. The number of hydrogen-bond acceptors (Lipinski definition) is 10. The molecule has 0 aromatic heterocycles. The zero-order valence-electron chi connectivity index (χ0n) is 56.5. The number of carbonyl (C=O) groups is 2. The van der Waals surface area contributed by atoms with Gasteiger partial charge in [-0.05, 0) is 89.9 Å². The summed E-state index contributed by atoms with van der Waals surface area (Å²) in [5, 5.41) is 54.6. The number of nitrogens with one attached hydrogen (secondary N) is 1. The van der Waals surface area contributed by atoms with Gasteiger partial charge in [0.25, 0.3) is 0 Å². The maximum absolute atomic E-state index is 13.1. The van der Waals surface area contributed by atoms with Gasteiger partial charge in [0, 0.05) is 12.8 Å². The molecule has 1 fully saturated rings. The standard InChI is InChI=1S/C76H139NO10/c1-3-5-7-9-11-13-15-17-35-39-42-46-50-54-58-62-69(79)68(67-86-76-75(84)74(83)73(82)70(66-78)87-76)77-71(80)63-59-55-51-47-43-40-36-33-31-29-27-25-23-21-19-18-20-22-24-26-28-30-32-34-37-41-45-49-53-57-61-65-85-72(81)64-60-56-52-48-44-38-16-14-12-10-8-6-4-2/h8,10,14,16,20,22,26,28,58,62,68-70,73-76,78-79,82-84H,3-7,9,11-13,15,17-19,21,23-25,27,29-57,59-61,63-67H2,1-2H3,(H,77,80)/b10-8-,16-14-,22-20-,28-26-,62-58+. The summed E-state index contributed by atoms with van der Waals surface area (Å²) < 4.78 is 16.8. The van der Waals surface area contributed by atoms with Crippen molar-refractivity contribution in [3.05, 3.63) is 60.8 Å². The number of ether oxygens (including phenoxy) is 3. The van der Waals surface area contributed by atoms with Crippen LogP contribution in [0, 0.1) is 0 Å². The van der Waals surface area contributed by atoms with Gasteiger partial charge in [0.05, 0.1) is 32.0 Å². The van der Waals surface area contributed by atoms with Crippen LogP contribution in [0.5, 0.6) is 0 Å². The van der Waals surface area contributed by atoms with Crippen molar-refractivity contribution in [3.63, 3.8) is 0 Å². The van der Waals surface area contributed by atoms with Crippen molar-refractivity contribution in [1.82, 2.24) is 5.32 Å². The van der Waals surface area contributed by atoms with Crippen LogP contribution >= 0.6 is 0 Å². The van der Waals surface area contributed by atoms with Gasteiger partial charge in [0.2, 0.25) is 5.91 Å². The minimum Gasteiger partial charge on any atom is -0.466 e.